The molecule has 0 spiro atoms. The highest BCUT2D eigenvalue weighted by atomic mass is 16.5. The summed E-state index contributed by atoms with van der Waals surface area (Å²) in [6, 6.07) is 6.00. The number of rotatable bonds is 6. The monoisotopic (exact) mass is 267 g/mol. The summed E-state index contributed by atoms with van der Waals surface area (Å²) < 4.78 is 5.24. The number of hydrogen-bond acceptors (Lipinski definition) is 4. The molecule has 0 aliphatic rings. The SMILES string of the molecule is CC(CN(C)C(=O)COc1ccc(O)cc1)C(=O)O. The number of amides is 1. The number of aromatic hydroxyl groups is 1. The van der Waals surface area contributed by atoms with E-state index in [0.29, 0.717) is 5.75 Å². The van der Waals surface area contributed by atoms with Crippen molar-refractivity contribution in [2.24, 2.45) is 5.92 Å². The average Bonchev–Trinajstić information content (AvgIpc) is 2.37. The molecule has 0 radical (unpaired) electrons. The Labute approximate surface area is 111 Å². The van der Waals surface area contributed by atoms with Gasteiger partial charge in [0, 0.05) is 13.6 Å². The third-order valence-electron chi connectivity index (χ3n) is 2.59. The topological polar surface area (TPSA) is 87.1 Å². The summed E-state index contributed by atoms with van der Waals surface area (Å²) in [6.45, 7) is 1.49. The van der Waals surface area contributed by atoms with Crippen LogP contribution < -0.4 is 4.74 Å². The van der Waals surface area contributed by atoms with E-state index in [1.165, 1.54) is 31.0 Å². The maximum atomic E-state index is 11.7. The Hall–Kier alpha value is -2.24. The van der Waals surface area contributed by atoms with Crippen molar-refractivity contribution in [3.63, 3.8) is 0 Å². The zero-order valence-electron chi connectivity index (χ0n) is 10.9. The average molecular weight is 267 g/mol. The standard InChI is InChI=1S/C13H17NO5/c1-9(13(17)18)7-14(2)12(16)8-19-11-5-3-10(15)4-6-11/h3-6,9,15H,7-8H2,1-2H3,(H,17,18). The number of aliphatic carboxylic acids is 1. The second-order valence-corrected chi connectivity index (χ2v) is 4.30. The second-order valence-electron chi connectivity index (χ2n) is 4.30. The Morgan fingerprint density at radius 3 is 2.42 bits per heavy atom. The quantitative estimate of drug-likeness (QED) is 0.801. The van der Waals surface area contributed by atoms with Crippen LogP contribution in [-0.2, 0) is 9.59 Å². The number of carbonyl (C=O) groups excluding carboxylic acids is 1. The van der Waals surface area contributed by atoms with Crippen molar-refractivity contribution in [3.05, 3.63) is 24.3 Å². The Balaban J connectivity index is 2.42. The summed E-state index contributed by atoms with van der Waals surface area (Å²) in [5.41, 5.74) is 0. The second kappa shape index (κ2) is 6.63. The number of nitrogens with zero attached hydrogens (tertiary/aromatic N) is 1. The predicted octanol–water partition coefficient (Wildman–Crippen LogP) is 0.950. The van der Waals surface area contributed by atoms with Gasteiger partial charge >= 0.3 is 5.97 Å². The molecular weight excluding hydrogens is 250 g/mol. The van der Waals surface area contributed by atoms with E-state index in [1.807, 2.05) is 0 Å². The van der Waals surface area contributed by atoms with Gasteiger partial charge in [-0.15, -0.1) is 0 Å². The van der Waals surface area contributed by atoms with Crippen LogP contribution in [0.25, 0.3) is 0 Å². The fourth-order valence-electron chi connectivity index (χ4n) is 1.39. The molecule has 0 aliphatic heterocycles. The molecule has 0 saturated carbocycles. The van der Waals surface area contributed by atoms with Crippen LogP contribution in [-0.4, -0.2) is 47.2 Å². The molecule has 2 N–H and O–H groups in total. The lowest BCUT2D eigenvalue weighted by Crippen LogP contribution is -2.36. The van der Waals surface area contributed by atoms with Gasteiger partial charge in [-0.3, -0.25) is 9.59 Å². The first-order valence-corrected chi connectivity index (χ1v) is 5.78. The number of carboxylic acids is 1. The van der Waals surface area contributed by atoms with Gasteiger partial charge in [-0.05, 0) is 24.3 Å². The molecule has 1 rings (SSSR count). The molecule has 1 unspecified atom stereocenters. The van der Waals surface area contributed by atoms with Crippen molar-refractivity contribution in [3.8, 4) is 11.5 Å². The Bertz CT molecular complexity index is 443. The van der Waals surface area contributed by atoms with Crippen molar-refractivity contribution in [1.29, 1.82) is 0 Å². The van der Waals surface area contributed by atoms with Gasteiger partial charge in [-0.25, -0.2) is 0 Å². The van der Waals surface area contributed by atoms with Crippen LogP contribution in [0, 0.1) is 5.92 Å². The van der Waals surface area contributed by atoms with E-state index in [1.54, 1.807) is 12.1 Å². The molecule has 6 heteroatoms. The summed E-state index contributed by atoms with van der Waals surface area (Å²) in [5, 5.41) is 17.8. The first-order valence-electron chi connectivity index (χ1n) is 5.78. The number of phenolic OH excluding ortho intramolecular Hbond substituents is 1. The van der Waals surface area contributed by atoms with Crippen LogP contribution in [0.4, 0.5) is 0 Å². The van der Waals surface area contributed by atoms with Gasteiger partial charge in [-0.2, -0.15) is 0 Å². The highest BCUT2D eigenvalue weighted by Crippen LogP contribution is 2.15. The summed E-state index contributed by atoms with van der Waals surface area (Å²) in [4.78, 5) is 23.7. The van der Waals surface area contributed by atoms with E-state index in [-0.39, 0.29) is 24.8 Å². The fourth-order valence-corrected chi connectivity index (χ4v) is 1.39. The lowest BCUT2D eigenvalue weighted by atomic mass is 10.2. The van der Waals surface area contributed by atoms with Crippen molar-refractivity contribution in [2.45, 2.75) is 6.92 Å². The summed E-state index contributed by atoms with van der Waals surface area (Å²) >= 11 is 0. The Kier molecular flexibility index (Phi) is 5.17. The van der Waals surface area contributed by atoms with Gasteiger partial charge < -0.3 is 19.8 Å². The summed E-state index contributed by atoms with van der Waals surface area (Å²) in [5.74, 6) is -1.29. The van der Waals surface area contributed by atoms with Crippen LogP contribution in [0.5, 0.6) is 11.5 Å². The van der Waals surface area contributed by atoms with Gasteiger partial charge in [0.25, 0.3) is 5.91 Å². The first kappa shape index (κ1) is 14.8. The summed E-state index contributed by atoms with van der Waals surface area (Å²) in [6.07, 6.45) is 0. The number of hydrogen-bond donors (Lipinski definition) is 2. The molecule has 6 nitrogen and oxygen atoms in total. The van der Waals surface area contributed by atoms with E-state index < -0.39 is 11.9 Å². The molecule has 19 heavy (non-hydrogen) atoms. The molecule has 104 valence electrons. The van der Waals surface area contributed by atoms with Crippen LogP contribution in [0.2, 0.25) is 0 Å². The van der Waals surface area contributed by atoms with E-state index in [2.05, 4.69) is 0 Å². The van der Waals surface area contributed by atoms with Gasteiger partial charge in [0.15, 0.2) is 6.61 Å². The normalized spacial score (nSPS) is 11.7. The maximum Gasteiger partial charge on any atom is 0.308 e. The van der Waals surface area contributed by atoms with Crippen molar-refractivity contribution in [2.75, 3.05) is 20.2 Å². The van der Waals surface area contributed by atoms with Crippen molar-refractivity contribution >= 4 is 11.9 Å². The third-order valence-corrected chi connectivity index (χ3v) is 2.59. The van der Waals surface area contributed by atoms with Crippen LogP contribution in [0.15, 0.2) is 24.3 Å². The van der Waals surface area contributed by atoms with Crippen LogP contribution in [0.1, 0.15) is 6.92 Å². The highest BCUT2D eigenvalue weighted by Gasteiger charge is 2.17. The zero-order valence-corrected chi connectivity index (χ0v) is 10.9. The van der Waals surface area contributed by atoms with Crippen LogP contribution >= 0.6 is 0 Å². The third kappa shape index (κ3) is 4.87. The molecule has 1 amide bonds. The fraction of sp³-hybridized carbons (Fsp3) is 0.385. The van der Waals surface area contributed by atoms with Gasteiger partial charge in [0.1, 0.15) is 11.5 Å². The molecule has 0 saturated heterocycles. The van der Waals surface area contributed by atoms with Gasteiger partial charge in [0.2, 0.25) is 0 Å². The van der Waals surface area contributed by atoms with Crippen LogP contribution in [0.3, 0.4) is 0 Å². The molecule has 0 bridgehead atoms. The zero-order chi connectivity index (χ0) is 14.4. The lowest BCUT2D eigenvalue weighted by molar-refractivity contribution is -0.143. The van der Waals surface area contributed by atoms with Crippen molar-refractivity contribution < 1.29 is 24.5 Å². The molecule has 1 atom stereocenters. The number of carbonyl (C=O) groups is 2. The number of carboxylic acid groups (broad SMARTS) is 1. The molecule has 1 aromatic carbocycles. The minimum Gasteiger partial charge on any atom is -0.508 e. The minimum atomic E-state index is -0.945. The van der Waals surface area contributed by atoms with E-state index in [0.717, 1.165) is 0 Å². The maximum absolute atomic E-state index is 11.7. The molecule has 0 aliphatic carbocycles. The Morgan fingerprint density at radius 2 is 1.89 bits per heavy atom. The van der Waals surface area contributed by atoms with Gasteiger partial charge in [-0.1, -0.05) is 6.92 Å². The number of benzene rings is 1. The Morgan fingerprint density at radius 1 is 1.32 bits per heavy atom. The largest absolute Gasteiger partial charge is 0.508 e. The minimum absolute atomic E-state index is 0.117. The summed E-state index contributed by atoms with van der Waals surface area (Å²) in [7, 11) is 1.53. The first-order chi connectivity index (χ1) is 8.90. The highest BCUT2D eigenvalue weighted by molar-refractivity contribution is 5.78. The van der Waals surface area contributed by atoms with E-state index in [4.69, 9.17) is 14.9 Å². The van der Waals surface area contributed by atoms with Gasteiger partial charge in [0.05, 0.1) is 5.92 Å². The number of phenols is 1. The molecular formula is C13H17NO5. The number of ether oxygens (including phenoxy) is 1. The van der Waals surface area contributed by atoms with E-state index in [9.17, 15) is 9.59 Å². The lowest BCUT2D eigenvalue weighted by Gasteiger charge is -2.19. The number of likely N-dealkylation sites (N-methyl/N-ethyl adjacent to an activating group) is 1. The molecule has 0 heterocycles. The predicted molar refractivity (Wildman–Crippen MR) is 68.0 cm³/mol. The smallest absolute Gasteiger partial charge is 0.308 e. The van der Waals surface area contributed by atoms with E-state index >= 15 is 0 Å². The van der Waals surface area contributed by atoms with Crippen molar-refractivity contribution in [1.82, 2.24) is 4.90 Å². The molecule has 0 aromatic heterocycles. The molecule has 1 aromatic rings. The molecule has 0 fully saturated rings.